The Hall–Kier alpha value is -2.59. The van der Waals surface area contributed by atoms with Gasteiger partial charge < -0.3 is 10.4 Å². The number of carboxylic acids is 1. The molecule has 1 heterocycles. The number of aromatic nitrogens is 1. The number of nitrogens with zero attached hydrogens (tertiary/aromatic N) is 1. The molecule has 3 aliphatic carbocycles. The number of hydrogen-bond donors (Lipinski definition) is 2. The van der Waals surface area contributed by atoms with E-state index in [1.165, 1.54) is 11.3 Å². The first-order valence-electron chi connectivity index (χ1n) is 12.1. The molecule has 0 spiro atoms. The van der Waals surface area contributed by atoms with Gasteiger partial charge in [-0.2, -0.15) is 0 Å². The zero-order chi connectivity index (χ0) is 24.7. The first-order valence-corrected chi connectivity index (χ1v) is 14.5. The van der Waals surface area contributed by atoms with Crippen molar-refractivity contribution in [2.45, 2.75) is 79.8 Å². The van der Waals surface area contributed by atoms with Crippen LogP contribution in [-0.4, -0.2) is 41.4 Å². The average molecular weight is 517 g/mol. The maximum absolute atomic E-state index is 13.4. The van der Waals surface area contributed by atoms with Crippen LogP contribution in [0.15, 0.2) is 28.5 Å². The lowest BCUT2D eigenvalue weighted by molar-refractivity contribution is -0.136. The fraction of sp³-hybridized carbons (Fsp3) is 0.520. The van der Waals surface area contributed by atoms with E-state index in [1.807, 2.05) is 6.07 Å². The number of carbonyl (C=O) groups excluding carboxylic acids is 2. The average Bonchev–Trinajstić information content (AvgIpc) is 3.73. The van der Waals surface area contributed by atoms with E-state index in [1.54, 1.807) is 17.5 Å². The highest BCUT2D eigenvalue weighted by atomic mass is 32.2. The second-order valence-electron chi connectivity index (χ2n) is 9.96. The van der Waals surface area contributed by atoms with Crippen LogP contribution in [0.5, 0.6) is 0 Å². The summed E-state index contributed by atoms with van der Waals surface area (Å²) in [5, 5.41) is 13.4. The van der Waals surface area contributed by atoms with Gasteiger partial charge in [0.15, 0.2) is 15.0 Å². The largest absolute Gasteiger partial charge is 0.481 e. The van der Waals surface area contributed by atoms with Crippen LogP contribution < -0.4 is 5.32 Å². The second-order valence-corrected chi connectivity index (χ2v) is 13.0. The number of carboxylic acid groups (broad SMARTS) is 1. The van der Waals surface area contributed by atoms with Gasteiger partial charge in [-0.05, 0) is 67.6 Å². The van der Waals surface area contributed by atoms with Gasteiger partial charge in [-0.15, -0.1) is 11.3 Å². The van der Waals surface area contributed by atoms with Gasteiger partial charge in [-0.25, -0.2) is 13.4 Å². The van der Waals surface area contributed by atoms with Gasteiger partial charge >= 0.3 is 5.97 Å². The Balaban J connectivity index is 1.44. The van der Waals surface area contributed by atoms with Crippen molar-refractivity contribution in [2.75, 3.05) is 5.32 Å². The van der Waals surface area contributed by atoms with E-state index in [-0.39, 0.29) is 35.2 Å². The highest BCUT2D eigenvalue weighted by molar-refractivity contribution is 7.92. The van der Waals surface area contributed by atoms with Crippen LogP contribution in [0.1, 0.15) is 80.0 Å². The van der Waals surface area contributed by atoms with E-state index in [0.29, 0.717) is 47.8 Å². The van der Waals surface area contributed by atoms with Crippen molar-refractivity contribution in [2.24, 2.45) is 5.92 Å². The number of benzene rings is 1. The molecule has 0 saturated heterocycles. The van der Waals surface area contributed by atoms with Crippen molar-refractivity contribution in [3.63, 3.8) is 0 Å². The Labute approximate surface area is 208 Å². The molecule has 2 aromatic rings. The normalized spacial score (nSPS) is 21.1. The molecule has 0 unspecified atom stereocenters. The van der Waals surface area contributed by atoms with Gasteiger partial charge in [0, 0.05) is 18.2 Å². The monoisotopic (exact) mass is 516 g/mol. The van der Waals surface area contributed by atoms with Crippen molar-refractivity contribution < 1.29 is 27.9 Å². The number of ketones is 1. The number of hydrogen-bond acceptors (Lipinski definition) is 7. The molecule has 8 nitrogen and oxygen atoms in total. The number of sulfone groups is 1. The summed E-state index contributed by atoms with van der Waals surface area (Å²) in [6.45, 7) is 0. The Kier molecular flexibility index (Phi) is 6.52. The summed E-state index contributed by atoms with van der Waals surface area (Å²) >= 11 is 1.17. The standard InChI is InChI=1S/C25H28N2O6S2/c28-18-5-1-14(9-18)10-21(24(31)27-25-26-17(13-34-25)12-23(29)30)16-4-8-22(20(11-16)15-2-3-15)35(32,33)19-6-7-19/h4,8,11,13-15,19,21H,1-3,5-7,9-10,12H2,(H,29,30)(H,26,27,31)/t14-,21+/m0/s1. The van der Waals surface area contributed by atoms with Gasteiger partial charge in [0.05, 0.1) is 28.2 Å². The zero-order valence-electron chi connectivity index (χ0n) is 19.2. The Morgan fingerprint density at radius 3 is 2.57 bits per heavy atom. The first-order chi connectivity index (χ1) is 16.7. The van der Waals surface area contributed by atoms with Gasteiger partial charge in [0.25, 0.3) is 0 Å². The fourth-order valence-corrected chi connectivity index (χ4v) is 7.57. The molecular formula is C25H28N2O6S2. The lowest BCUT2D eigenvalue weighted by Crippen LogP contribution is -2.23. The summed E-state index contributed by atoms with van der Waals surface area (Å²) in [4.78, 5) is 40.9. The molecule has 3 aliphatic rings. The molecule has 0 radical (unpaired) electrons. The minimum atomic E-state index is -3.35. The molecule has 35 heavy (non-hydrogen) atoms. The molecule has 2 N–H and O–H groups in total. The van der Waals surface area contributed by atoms with Crippen molar-refractivity contribution in [3.05, 3.63) is 40.4 Å². The number of carbonyl (C=O) groups is 3. The summed E-state index contributed by atoms with van der Waals surface area (Å²) in [7, 11) is -3.35. The van der Waals surface area contributed by atoms with Crippen LogP contribution in [0.4, 0.5) is 5.13 Å². The lowest BCUT2D eigenvalue weighted by atomic mass is 9.86. The lowest BCUT2D eigenvalue weighted by Gasteiger charge is -2.21. The summed E-state index contributed by atoms with van der Waals surface area (Å²) in [5.74, 6) is -1.33. The minimum Gasteiger partial charge on any atom is -0.481 e. The summed E-state index contributed by atoms with van der Waals surface area (Å²) in [6, 6.07) is 5.32. The van der Waals surface area contributed by atoms with E-state index >= 15 is 0 Å². The van der Waals surface area contributed by atoms with E-state index in [2.05, 4.69) is 10.3 Å². The van der Waals surface area contributed by atoms with Gasteiger partial charge in [0.2, 0.25) is 5.91 Å². The third kappa shape index (κ3) is 5.48. The molecule has 186 valence electrons. The Morgan fingerprint density at radius 1 is 1.17 bits per heavy atom. The van der Waals surface area contributed by atoms with Crippen molar-refractivity contribution in [3.8, 4) is 0 Å². The second kappa shape index (κ2) is 9.46. The van der Waals surface area contributed by atoms with Crippen LogP contribution in [0.3, 0.4) is 0 Å². The first kappa shape index (κ1) is 24.1. The molecule has 0 bridgehead atoms. The minimum absolute atomic E-state index is 0.0939. The van der Waals surface area contributed by atoms with E-state index in [9.17, 15) is 22.8 Å². The topological polar surface area (TPSA) is 130 Å². The van der Waals surface area contributed by atoms with Crippen LogP contribution in [0, 0.1) is 5.92 Å². The van der Waals surface area contributed by atoms with Gasteiger partial charge in [-0.3, -0.25) is 14.4 Å². The number of aliphatic carboxylic acids is 1. The van der Waals surface area contributed by atoms with E-state index in [0.717, 1.165) is 30.4 Å². The molecule has 1 aromatic heterocycles. The smallest absolute Gasteiger partial charge is 0.309 e. The predicted molar refractivity (Wildman–Crippen MR) is 130 cm³/mol. The number of anilines is 1. The number of amides is 1. The quantitative estimate of drug-likeness (QED) is 0.487. The SMILES string of the molecule is O=C(O)Cc1csc(NC(=O)[C@H](C[C@H]2CCC(=O)C2)c2ccc(S(=O)(=O)C3CC3)c(C3CC3)c2)n1. The molecule has 1 aromatic carbocycles. The number of Topliss-reactive ketones (excluding diaryl/α,β-unsaturated/α-hetero) is 1. The van der Waals surface area contributed by atoms with Crippen molar-refractivity contribution in [1.82, 2.24) is 4.98 Å². The molecule has 5 rings (SSSR count). The van der Waals surface area contributed by atoms with Crippen molar-refractivity contribution in [1.29, 1.82) is 0 Å². The van der Waals surface area contributed by atoms with Crippen LogP contribution >= 0.6 is 11.3 Å². The van der Waals surface area contributed by atoms with Crippen LogP contribution in [-0.2, 0) is 30.6 Å². The van der Waals surface area contributed by atoms with Crippen molar-refractivity contribution >= 4 is 44.0 Å². The van der Waals surface area contributed by atoms with Crippen LogP contribution in [0.25, 0.3) is 0 Å². The summed E-state index contributed by atoms with van der Waals surface area (Å²) in [5.41, 5.74) is 1.94. The third-order valence-corrected chi connectivity index (χ3v) is 10.2. The molecular weight excluding hydrogens is 488 g/mol. The Bertz CT molecular complexity index is 1280. The van der Waals surface area contributed by atoms with Crippen LogP contribution in [0.2, 0.25) is 0 Å². The molecule has 1 amide bonds. The van der Waals surface area contributed by atoms with E-state index < -0.39 is 21.7 Å². The number of thiazole rings is 1. The molecule has 2 atom stereocenters. The van der Waals surface area contributed by atoms with E-state index in [4.69, 9.17) is 5.11 Å². The molecule has 0 aliphatic heterocycles. The molecule has 3 fully saturated rings. The highest BCUT2D eigenvalue weighted by Crippen LogP contribution is 2.47. The highest BCUT2D eigenvalue weighted by Gasteiger charge is 2.41. The Morgan fingerprint density at radius 2 is 1.94 bits per heavy atom. The maximum atomic E-state index is 13.4. The predicted octanol–water partition coefficient (Wildman–Crippen LogP) is 4.07. The molecule has 10 heteroatoms. The fourth-order valence-electron chi connectivity index (χ4n) is 4.93. The summed E-state index contributed by atoms with van der Waals surface area (Å²) in [6.07, 6.45) is 5.27. The van der Waals surface area contributed by atoms with Gasteiger partial charge in [0.1, 0.15) is 5.78 Å². The maximum Gasteiger partial charge on any atom is 0.309 e. The van der Waals surface area contributed by atoms with Gasteiger partial charge in [-0.1, -0.05) is 12.1 Å². The summed E-state index contributed by atoms with van der Waals surface area (Å²) < 4.78 is 26.1. The number of nitrogens with one attached hydrogen (secondary N) is 1. The molecule has 3 saturated carbocycles. The number of rotatable bonds is 10. The zero-order valence-corrected chi connectivity index (χ0v) is 20.9. The third-order valence-electron chi connectivity index (χ3n) is 7.07.